The fourth-order valence-corrected chi connectivity index (χ4v) is 6.43. The average molecular weight is 465 g/mol. The molecule has 178 valence electrons. The summed E-state index contributed by atoms with van der Waals surface area (Å²) in [5, 5.41) is 10.2. The minimum atomic E-state index is 0.697. The topological polar surface area (TPSA) is 48.8 Å². The van der Waals surface area contributed by atoms with Gasteiger partial charge < -0.3 is 9.80 Å². The van der Waals surface area contributed by atoms with Crippen LogP contribution in [-0.4, -0.2) is 41.6 Å². The van der Waals surface area contributed by atoms with Gasteiger partial charge in [-0.25, -0.2) is 4.98 Å². The maximum Gasteiger partial charge on any atom is 0.157 e. The number of para-hydroxylation sites is 2. The number of benzene rings is 2. The van der Waals surface area contributed by atoms with E-state index in [-0.39, 0.29) is 0 Å². The van der Waals surface area contributed by atoms with Gasteiger partial charge in [0.05, 0.1) is 48.8 Å². The van der Waals surface area contributed by atoms with Crippen LogP contribution < -0.4 is 9.80 Å². The minimum Gasteiger partial charge on any atom is -0.346 e. The zero-order valence-corrected chi connectivity index (χ0v) is 20.6. The van der Waals surface area contributed by atoms with Crippen molar-refractivity contribution in [1.82, 2.24) is 9.38 Å². The molecule has 1 aliphatic heterocycles. The number of imidazole rings is 1. The van der Waals surface area contributed by atoms with E-state index in [2.05, 4.69) is 70.8 Å². The molecule has 2 aliphatic rings. The molecule has 5 heteroatoms. The van der Waals surface area contributed by atoms with Crippen molar-refractivity contribution in [3.8, 4) is 6.07 Å². The first-order valence-electron chi connectivity index (χ1n) is 13.2. The summed E-state index contributed by atoms with van der Waals surface area (Å²) >= 11 is 0. The van der Waals surface area contributed by atoms with Crippen LogP contribution in [0.15, 0.2) is 54.6 Å². The van der Waals surface area contributed by atoms with E-state index in [0.29, 0.717) is 5.56 Å². The quantitative estimate of drug-likeness (QED) is 0.490. The van der Waals surface area contributed by atoms with E-state index in [1.54, 1.807) is 4.90 Å². The molecule has 2 aromatic heterocycles. The maximum atomic E-state index is 10.2. The van der Waals surface area contributed by atoms with E-state index in [1.807, 2.05) is 6.07 Å². The van der Waals surface area contributed by atoms with Crippen molar-refractivity contribution in [2.75, 3.05) is 31.1 Å². The Labute approximate surface area is 207 Å². The van der Waals surface area contributed by atoms with E-state index in [1.165, 1.54) is 62.1 Å². The first-order valence-corrected chi connectivity index (χ1v) is 13.2. The summed E-state index contributed by atoms with van der Waals surface area (Å²) in [6, 6.07) is 22.3. The molecule has 5 nitrogen and oxygen atoms in total. The first kappa shape index (κ1) is 22.1. The van der Waals surface area contributed by atoms with Crippen molar-refractivity contribution >= 4 is 22.5 Å². The summed E-state index contributed by atoms with van der Waals surface area (Å²) in [7, 11) is 0. The number of nitriles is 1. The summed E-state index contributed by atoms with van der Waals surface area (Å²) in [6.45, 7) is 6.57. The summed E-state index contributed by atoms with van der Waals surface area (Å²) < 4.78 is 2.28. The van der Waals surface area contributed by atoms with Crippen molar-refractivity contribution in [2.24, 2.45) is 0 Å². The lowest BCUT2D eigenvalue weighted by molar-refractivity contribution is -0.927. The molecule has 0 bridgehead atoms. The Morgan fingerprint density at radius 2 is 1.69 bits per heavy atom. The summed E-state index contributed by atoms with van der Waals surface area (Å²) in [4.78, 5) is 9.32. The smallest absolute Gasteiger partial charge is 0.157 e. The molecule has 6 rings (SSSR count). The molecular formula is C30H34N5+. The highest BCUT2D eigenvalue weighted by Gasteiger charge is 2.31. The number of hydrogen-bond acceptors (Lipinski definition) is 3. The van der Waals surface area contributed by atoms with Crippen LogP contribution in [-0.2, 0) is 6.42 Å². The van der Waals surface area contributed by atoms with Gasteiger partial charge in [0.25, 0.3) is 0 Å². The Morgan fingerprint density at radius 3 is 2.43 bits per heavy atom. The number of quaternary nitrogens is 1. The number of rotatable bonds is 4. The maximum absolute atomic E-state index is 10.2. The zero-order chi connectivity index (χ0) is 23.8. The van der Waals surface area contributed by atoms with E-state index in [9.17, 15) is 5.26 Å². The van der Waals surface area contributed by atoms with Crippen molar-refractivity contribution in [3.05, 3.63) is 76.9 Å². The third-order valence-electron chi connectivity index (χ3n) is 8.32. The van der Waals surface area contributed by atoms with E-state index >= 15 is 0 Å². The van der Waals surface area contributed by atoms with Crippen LogP contribution in [0.2, 0.25) is 0 Å². The second-order valence-corrected chi connectivity index (χ2v) is 10.3. The lowest BCUT2D eigenvalue weighted by Gasteiger charge is -2.39. The van der Waals surface area contributed by atoms with Gasteiger partial charge in [0.15, 0.2) is 5.65 Å². The lowest BCUT2D eigenvalue weighted by Crippen LogP contribution is -3.18. The summed E-state index contributed by atoms with van der Waals surface area (Å²) in [5.41, 5.74) is 7.12. The lowest BCUT2D eigenvalue weighted by atomic mass is 9.93. The third-order valence-corrected chi connectivity index (χ3v) is 8.32. The average Bonchev–Trinajstić information content (AvgIpc) is 3.29. The summed E-state index contributed by atoms with van der Waals surface area (Å²) in [5.74, 6) is 1.23. The van der Waals surface area contributed by atoms with E-state index < -0.39 is 0 Å². The molecule has 1 aliphatic carbocycles. The first-order chi connectivity index (χ1) is 17.2. The van der Waals surface area contributed by atoms with Crippen LogP contribution in [0.1, 0.15) is 54.4 Å². The molecule has 2 aromatic carbocycles. The molecule has 2 fully saturated rings. The fourth-order valence-electron chi connectivity index (χ4n) is 6.43. The highest BCUT2D eigenvalue weighted by atomic mass is 15.3. The highest BCUT2D eigenvalue weighted by molar-refractivity contribution is 5.86. The Bertz CT molecular complexity index is 1380. The van der Waals surface area contributed by atoms with Gasteiger partial charge in [-0.05, 0) is 55.9 Å². The van der Waals surface area contributed by atoms with Crippen molar-refractivity contribution in [1.29, 1.82) is 5.26 Å². The Balaban J connectivity index is 1.48. The van der Waals surface area contributed by atoms with E-state index in [4.69, 9.17) is 4.98 Å². The van der Waals surface area contributed by atoms with Crippen LogP contribution in [0.25, 0.3) is 16.7 Å². The Hall–Kier alpha value is -3.36. The van der Waals surface area contributed by atoms with Crippen molar-refractivity contribution in [2.45, 2.75) is 51.5 Å². The monoisotopic (exact) mass is 464 g/mol. The second-order valence-electron chi connectivity index (χ2n) is 10.3. The molecule has 0 amide bonds. The second kappa shape index (κ2) is 9.36. The predicted molar refractivity (Wildman–Crippen MR) is 141 cm³/mol. The van der Waals surface area contributed by atoms with E-state index in [0.717, 1.165) is 47.8 Å². The molecule has 1 saturated carbocycles. The molecule has 0 radical (unpaired) electrons. The number of anilines is 1. The normalized spacial score (nSPS) is 17.8. The molecule has 0 spiro atoms. The van der Waals surface area contributed by atoms with Gasteiger partial charge in [0.2, 0.25) is 0 Å². The zero-order valence-electron chi connectivity index (χ0n) is 20.6. The largest absolute Gasteiger partial charge is 0.346 e. The Morgan fingerprint density at radius 1 is 0.971 bits per heavy atom. The van der Waals surface area contributed by atoms with Crippen molar-refractivity contribution in [3.63, 3.8) is 0 Å². The SMILES string of the molecule is Cc1c(Cc2ccccc2)c(N2CC[NH+](C3CCCCC3)CC2)n2c(nc3ccccc32)c1C#N. The molecule has 3 heterocycles. The molecule has 4 aromatic rings. The van der Waals surface area contributed by atoms with Crippen LogP contribution >= 0.6 is 0 Å². The number of nitrogens with one attached hydrogen (secondary N) is 1. The number of nitrogens with zero attached hydrogens (tertiary/aromatic N) is 4. The molecule has 1 saturated heterocycles. The van der Waals surface area contributed by atoms with Gasteiger partial charge >= 0.3 is 0 Å². The number of piperazine rings is 1. The van der Waals surface area contributed by atoms with Crippen LogP contribution in [0.5, 0.6) is 0 Å². The third kappa shape index (κ3) is 3.96. The number of pyridine rings is 1. The Kier molecular flexibility index (Phi) is 5.91. The van der Waals surface area contributed by atoms with Gasteiger partial charge in [0, 0.05) is 12.0 Å². The highest BCUT2D eigenvalue weighted by Crippen LogP contribution is 2.34. The molecule has 35 heavy (non-hydrogen) atoms. The number of hydrogen-bond donors (Lipinski definition) is 1. The van der Waals surface area contributed by atoms with Gasteiger partial charge in [-0.1, -0.05) is 48.9 Å². The molecule has 0 atom stereocenters. The minimum absolute atomic E-state index is 0.697. The van der Waals surface area contributed by atoms with Gasteiger partial charge in [-0.2, -0.15) is 5.26 Å². The molecule has 1 N–H and O–H groups in total. The standard InChI is InChI=1S/C30H33N5/c1-22-25(20-23-10-4-2-5-11-23)30(34-18-16-33(17-19-34)24-12-6-3-7-13-24)35-28-15-9-8-14-27(28)32-29(35)26(22)21-31/h2,4-5,8-11,14-15,24H,3,6-7,12-13,16-20H2,1H3/p+1. The fraction of sp³-hybridized carbons (Fsp3) is 0.400. The predicted octanol–water partition coefficient (Wildman–Crippen LogP) is 4.30. The van der Waals surface area contributed by atoms with Gasteiger partial charge in [-0.15, -0.1) is 0 Å². The van der Waals surface area contributed by atoms with Crippen LogP contribution in [0.3, 0.4) is 0 Å². The number of fused-ring (bicyclic) bond motifs is 3. The van der Waals surface area contributed by atoms with Crippen molar-refractivity contribution < 1.29 is 4.90 Å². The number of aromatic nitrogens is 2. The summed E-state index contributed by atoms with van der Waals surface area (Å²) in [6.07, 6.45) is 7.80. The van der Waals surface area contributed by atoms with Gasteiger partial charge in [-0.3, -0.25) is 4.40 Å². The molecular weight excluding hydrogens is 430 g/mol. The van der Waals surface area contributed by atoms with Crippen LogP contribution in [0, 0.1) is 18.3 Å². The van der Waals surface area contributed by atoms with Crippen LogP contribution in [0.4, 0.5) is 5.82 Å². The van der Waals surface area contributed by atoms with Gasteiger partial charge in [0.1, 0.15) is 11.9 Å². The molecule has 0 unspecified atom stereocenters.